The van der Waals surface area contributed by atoms with E-state index in [4.69, 9.17) is 0 Å². The summed E-state index contributed by atoms with van der Waals surface area (Å²) in [5, 5.41) is 20.8. The van der Waals surface area contributed by atoms with Crippen LogP contribution in [0.3, 0.4) is 0 Å². The summed E-state index contributed by atoms with van der Waals surface area (Å²) >= 11 is 0. The van der Waals surface area contributed by atoms with Gasteiger partial charge < -0.3 is 19.8 Å². The Labute approximate surface area is 148 Å². The van der Waals surface area contributed by atoms with E-state index in [0.29, 0.717) is 0 Å². The van der Waals surface area contributed by atoms with Crippen LogP contribution in [-0.4, -0.2) is 11.9 Å². The fourth-order valence-corrected chi connectivity index (χ4v) is 2.19. The second-order valence-corrected chi connectivity index (χ2v) is 5.33. The second-order valence-electron chi connectivity index (χ2n) is 5.33. The fourth-order valence-electron chi connectivity index (χ4n) is 2.19. The minimum absolute atomic E-state index is 0. The van der Waals surface area contributed by atoms with Gasteiger partial charge in [-0.1, -0.05) is 58.7 Å². The third kappa shape index (κ3) is 7.20. The molecular weight excluding hydrogens is 346 g/mol. The number of rotatable bonds is 2. The largest absolute Gasteiger partial charge is 2.00 e. The molecule has 0 fully saturated rings. The zero-order valence-electron chi connectivity index (χ0n) is 13.8. The van der Waals surface area contributed by atoms with Crippen LogP contribution in [0.4, 0.5) is 0 Å². The number of aryl methyl sites for hydroxylation is 4. The van der Waals surface area contributed by atoms with Crippen LogP contribution in [0.5, 0.6) is 0 Å². The second kappa shape index (κ2) is 9.21. The summed E-state index contributed by atoms with van der Waals surface area (Å²) in [4.78, 5) is 20.8. The normalized spacial score (nSPS) is 9.22. The van der Waals surface area contributed by atoms with Crippen molar-refractivity contribution < 1.29 is 39.3 Å². The Balaban J connectivity index is 0.000000403. The maximum atomic E-state index is 10.4. The number of carbonyl (C=O) groups is 2. The predicted octanol–water partition coefficient (Wildman–Crippen LogP) is 1.33. The van der Waals surface area contributed by atoms with Crippen LogP contribution in [0.1, 0.15) is 43.0 Å². The third-order valence-electron chi connectivity index (χ3n) is 2.91. The molecule has 0 N–H and O–H groups in total. The molecule has 0 unspecified atom stereocenters. The zero-order chi connectivity index (χ0) is 16.9. The summed E-state index contributed by atoms with van der Waals surface area (Å²) in [5.74, 6) is -2.23. The summed E-state index contributed by atoms with van der Waals surface area (Å²) in [6.07, 6.45) is 0. The predicted molar refractivity (Wildman–Crippen MR) is 80.5 cm³/mol. The molecule has 116 valence electrons. The van der Waals surface area contributed by atoms with Gasteiger partial charge in [-0.3, -0.25) is 0 Å². The van der Waals surface area contributed by atoms with E-state index < -0.39 is 11.9 Å². The van der Waals surface area contributed by atoms with Crippen molar-refractivity contribution in [3.05, 3.63) is 69.8 Å². The van der Waals surface area contributed by atoms with Crippen LogP contribution in [0.25, 0.3) is 0 Å². The van der Waals surface area contributed by atoms with Gasteiger partial charge in [0.15, 0.2) is 0 Å². The van der Waals surface area contributed by atoms with Crippen LogP contribution in [0.2, 0.25) is 0 Å². The molecule has 2 aromatic carbocycles. The Morgan fingerprint density at radius 2 is 0.826 bits per heavy atom. The molecule has 0 bridgehead atoms. The molecule has 0 saturated carbocycles. The van der Waals surface area contributed by atoms with Crippen LogP contribution in [0.15, 0.2) is 36.4 Å². The summed E-state index contributed by atoms with van der Waals surface area (Å²) in [6, 6.07) is 10.2. The molecule has 0 aliphatic carbocycles. The average Bonchev–Trinajstić information content (AvgIpc) is 2.37. The van der Waals surface area contributed by atoms with Crippen molar-refractivity contribution >= 4 is 11.9 Å². The molecule has 4 nitrogen and oxygen atoms in total. The van der Waals surface area contributed by atoms with Gasteiger partial charge in [-0.25, -0.2) is 0 Å². The van der Waals surface area contributed by atoms with Crippen LogP contribution in [0, 0.1) is 27.7 Å². The number of carboxylic acids is 2. The third-order valence-corrected chi connectivity index (χ3v) is 2.91. The van der Waals surface area contributed by atoms with Crippen molar-refractivity contribution in [1.82, 2.24) is 0 Å². The molecule has 0 saturated heterocycles. The van der Waals surface area contributed by atoms with E-state index in [1.165, 1.54) is 0 Å². The van der Waals surface area contributed by atoms with E-state index in [1.807, 2.05) is 39.8 Å². The number of aromatic carboxylic acids is 2. The molecule has 0 atom stereocenters. The van der Waals surface area contributed by atoms with Gasteiger partial charge in [0, 0.05) is 0 Å². The molecule has 0 aromatic heterocycles. The maximum Gasteiger partial charge on any atom is 2.00 e. The number of carbonyl (C=O) groups excluding carboxylic acids is 2. The van der Waals surface area contributed by atoms with E-state index >= 15 is 0 Å². The molecule has 0 spiro atoms. The topological polar surface area (TPSA) is 80.3 Å². The number of hydrogen-bond donors (Lipinski definition) is 0. The van der Waals surface area contributed by atoms with Crippen molar-refractivity contribution in [2.24, 2.45) is 0 Å². The minimum atomic E-state index is -1.11. The quantitative estimate of drug-likeness (QED) is 0.754. The van der Waals surface area contributed by atoms with E-state index in [9.17, 15) is 19.8 Å². The Morgan fingerprint density at radius 1 is 0.609 bits per heavy atom. The van der Waals surface area contributed by atoms with Crippen molar-refractivity contribution in [2.45, 2.75) is 27.7 Å². The Bertz CT molecular complexity index is 606. The molecule has 0 aliphatic heterocycles. The molecular formula is C18H18O4Zn. The number of benzene rings is 2. The summed E-state index contributed by atoms with van der Waals surface area (Å²) < 4.78 is 0. The van der Waals surface area contributed by atoms with Crippen molar-refractivity contribution in [2.75, 3.05) is 0 Å². The van der Waals surface area contributed by atoms with Crippen LogP contribution >= 0.6 is 0 Å². The van der Waals surface area contributed by atoms with Crippen LogP contribution in [-0.2, 0) is 19.5 Å². The van der Waals surface area contributed by atoms with Gasteiger partial charge in [-0.15, -0.1) is 0 Å². The van der Waals surface area contributed by atoms with E-state index in [1.54, 1.807) is 24.3 Å². The summed E-state index contributed by atoms with van der Waals surface area (Å²) in [7, 11) is 0. The van der Waals surface area contributed by atoms with E-state index in [-0.39, 0.29) is 30.6 Å². The molecule has 2 rings (SSSR count). The molecule has 2 aromatic rings. The van der Waals surface area contributed by atoms with Gasteiger partial charge in [-0.05, 0) is 38.8 Å². The van der Waals surface area contributed by atoms with Crippen molar-refractivity contribution in [1.29, 1.82) is 0 Å². The Morgan fingerprint density at radius 3 is 1.00 bits per heavy atom. The first-order valence-corrected chi connectivity index (χ1v) is 6.78. The first kappa shape index (κ1) is 21.0. The Hall–Kier alpha value is -2.00. The van der Waals surface area contributed by atoms with E-state index in [2.05, 4.69) is 0 Å². The first-order valence-electron chi connectivity index (χ1n) is 6.78. The molecule has 0 radical (unpaired) electrons. The molecule has 5 heteroatoms. The van der Waals surface area contributed by atoms with Gasteiger partial charge in [0.2, 0.25) is 0 Å². The minimum Gasteiger partial charge on any atom is -0.545 e. The zero-order valence-corrected chi connectivity index (χ0v) is 16.8. The van der Waals surface area contributed by atoms with Crippen molar-refractivity contribution in [3.8, 4) is 0 Å². The average molecular weight is 364 g/mol. The molecule has 0 aliphatic rings. The monoisotopic (exact) mass is 362 g/mol. The van der Waals surface area contributed by atoms with Gasteiger partial charge in [0.1, 0.15) is 0 Å². The molecule has 23 heavy (non-hydrogen) atoms. The fraction of sp³-hybridized carbons (Fsp3) is 0.222. The first-order chi connectivity index (χ1) is 10.2. The standard InChI is InChI=1S/2C9H10O2.Zn/c2*1-6-3-7(2)5-8(4-6)9(10)11;/h2*3-5H,1-2H3,(H,10,11);/q;;+2/p-2. The van der Waals surface area contributed by atoms with Gasteiger partial charge >= 0.3 is 19.5 Å². The van der Waals surface area contributed by atoms with Crippen molar-refractivity contribution in [3.63, 3.8) is 0 Å². The summed E-state index contributed by atoms with van der Waals surface area (Å²) in [6.45, 7) is 7.44. The van der Waals surface area contributed by atoms with Crippen LogP contribution < -0.4 is 10.2 Å². The number of hydrogen-bond acceptors (Lipinski definition) is 4. The number of carboxylic acid groups (broad SMARTS) is 2. The summed E-state index contributed by atoms with van der Waals surface area (Å²) in [5.41, 5.74) is 4.30. The molecule has 0 amide bonds. The van der Waals surface area contributed by atoms with Gasteiger partial charge in [0.25, 0.3) is 0 Å². The maximum absolute atomic E-state index is 10.4. The van der Waals surface area contributed by atoms with E-state index in [0.717, 1.165) is 22.3 Å². The molecule has 0 heterocycles. The van der Waals surface area contributed by atoms with Gasteiger partial charge in [0.05, 0.1) is 11.9 Å². The SMILES string of the molecule is Cc1cc(C)cc(C(=O)[O-])c1.Cc1cc(C)cc(C(=O)[O-])c1.[Zn+2]. The smallest absolute Gasteiger partial charge is 0.545 e. The van der Waals surface area contributed by atoms with Gasteiger partial charge in [-0.2, -0.15) is 0 Å². The Kier molecular flexibility index (Phi) is 8.41.